The molecule has 0 unspecified atom stereocenters. The van der Waals surface area contributed by atoms with Crippen LogP contribution in [0.5, 0.6) is 0 Å². The number of aryl methyl sites for hydroxylation is 2. The van der Waals surface area contributed by atoms with Gasteiger partial charge in [-0.3, -0.25) is 19.2 Å². The number of thiazole rings is 2. The van der Waals surface area contributed by atoms with Crippen LogP contribution in [0.15, 0.2) is 48.8 Å². The molecule has 0 aliphatic heterocycles. The number of aliphatic carboxylic acids is 1. The third kappa shape index (κ3) is 18.5. The van der Waals surface area contributed by atoms with Crippen molar-refractivity contribution in [3.8, 4) is 0 Å². The van der Waals surface area contributed by atoms with Gasteiger partial charge in [-0.2, -0.15) is 80.3 Å². The van der Waals surface area contributed by atoms with Gasteiger partial charge in [0.05, 0.1) is 38.4 Å². The van der Waals surface area contributed by atoms with Crippen molar-refractivity contribution in [2.24, 2.45) is 28.0 Å². The molecule has 0 radical (unpaired) electrons. The topological polar surface area (TPSA) is 211 Å². The maximum atomic E-state index is 14.1. The van der Waals surface area contributed by atoms with E-state index in [1.165, 1.54) is 48.0 Å². The van der Waals surface area contributed by atoms with E-state index in [2.05, 4.69) is 15.3 Å². The molecule has 2 aromatic carbocycles. The van der Waals surface area contributed by atoms with E-state index in [-0.39, 0.29) is 116 Å². The SMILES string of the molecule is CN(C)[C@H](CN)Cc1ccc(C(N)=O)c(F)c1.Cc1ncc([C@@H](CC(=O)NC[C@H](Cc2ccc(C(N)=O)c(F)c2)N(C)C)C2(C(F)(F)F)CC2)s1.Cc1ncc([C@@H](CC(=O)O)C2(C(F)(F)F)CC2)s1.S.S.S.S. The van der Waals surface area contributed by atoms with Gasteiger partial charge in [0.15, 0.2) is 0 Å². The highest BCUT2D eigenvalue weighted by molar-refractivity contribution is 7.59. The Morgan fingerprint density at radius 1 is 0.685 bits per heavy atom. The fourth-order valence-corrected chi connectivity index (χ4v) is 10.0. The minimum atomic E-state index is -4.40. The molecule has 8 N–H and O–H groups in total. The summed E-state index contributed by atoms with van der Waals surface area (Å²) in [5.74, 6) is -6.60. The third-order valence-electron chi connectivity index (χ3n) is 12.6. The average molecular weight is 1160 g/mol. The smallest absolute Gasteiger partial charge is 0.395 e. The lowest BCUT2D eigenvalue weighted by atomic mass is 9.84. The molecule has 412 valence electrons. The van der Waals surface area contributed by atoms with Crippen molar-refractivity contribution in [1.29, 1.82) is 0 Å². The highest BCUT2D eigenvalue weighted by atomic mass is 32.1. The van der Waals surface area contributed by atoms with Gasteiger partial charge in [0.2, 0.25) is 5.91 Å². The molecule has 6 rings (SSSR count). The molecule has 13 nitrogen and oxygen atoms in total. The van der Waals surface area contributed by atoms with Crippen molar-refractivity contribution in [2.45, 2.75) is 101 Å². The summed E-state index contributed by atoms with van der Waals surface area (Å²) in [6, 6.07) is 8.48. The molecule has 2 aliphatic rings. The van der Waals surface area contributed by atoms with Crippen molar-refractivity contribution < 1.29 is 59.4 Å². The number of primary amides is 2. The minimum absolute atomic E-state index is 0. The van der Waals surface area contributed by atoms with Crippen LogP contribution in [0, 0.1) is 36.3 Å². The van der Waals surface area contributed by atoms with Crippen molar-refractivity contribution in [2.75, 3.05) is 41.3 Å². The number of carboxylic acids is 1. The number of nitrogens with one attached hydrogen (secondary N) is 1. The zero-order chi connectivity index (χ0) is 51.8. The lowest BCUT2D eigenvalue weighted by Crippen LogP contribution is -2.42. The van der Waals surface area contributed by atoms with E-state index >= 15 is 0 Å². The number of nitrogens with zero attached hydrogens (tertiary/aromatic N) is 4. The van der Waals surface area contributed by atoms with Crippen molar-refractivity contribution in [3.63, 3.8) is 0 Å². The Labute approximate surface area is 455 Å². The second-order valence-electron chi connectivity index (χ2n) is 17.8. The molecule has 27 heteroatoms. The largest absolute Gasteiger partial charge is 0.481 e. The van der Waals surface area contributed by atoms with Crippen LogP contribution >= 0.6 is 76.7 Å². The standard InChI is InChI=1S/C23H28F4N4O2S.C12H18FN3O.C11H12F3NO2S.4H2S/c1-13-29-12-19(34-13)17(22(6-7-22)23(25,26)27)10-20(32)30-11-15(31(2)3)8-14-4-5-16(21(28)33)18(24)9-14;1-16(2)9(7-14)5-8-3-4-10(12(15)17)11(13)6-8;1-6-15-5-8(18-6)7(4-9(16)17)10(2-3-10)11(12,13)14;;;;/h4-5,9,12,15,17H,6-8,10-11H2,1-3H3,(H2,28,33)(H,30,32);3-4,6,9H,5,7,14H2,1-2H3,(H2,15,17);5,7H,2-4H2,1H3,(H,16,17);4*1H2/t15-,17+;9-;7-;;;;/m001..../s1. The number of hydrogen-bond donors (Lipinski definition) is 5. The molecule has 0 spiro atoms. The van der Waals surface area contributed by atoms with Gasteiger partial charge in [0.25, 0.3) is 11.8 Å². The van der Waals surface area contributed by atoms with Crippen molar-refractivity contribution in [1.82, 2.24) is 25.1 Å². The summed E-state index contributed by atoms with van der Waals surface area (Å²) in [7, 11) is 7.42. The molecule has 0 saturated heterocycles. The van der Waals surface area contributed by atoms with E-state index in [4.69, 9.17) is 22.3 Å². The van der Waals surface area contributed by atoms with E-state index < -0.39 is 76.8 Å². The fourth-order valence-electron chi connectivity index (χ4n) is 8.04. The normalized spacial score (nSPS) is 15.6. The van der Waals surface area contributed by atoms with Crippen LogP contribution < -0.4 is 22.5 Å². The van der Waals surface area contributed by atoms with Gasteiger partial charge >= 0.3 is 18.3 Å². The Balaban J connectivity index is 0.00000113. The second-order valence-corrected chi connectivity index (χ2v) is 20.4. The number of halogens is 8. The zero-order valence-electron chi connectivity index (χ0n) is 40.9. The molecule has 0 bridgehead atoms. The van der Waals surface area contributed by atoms with Gasteiger partial charge in [-0.1, -0.05) is 12.1 Å². The molecule has 3 amide bonds. The number of rotatable bonds is 19. The minimum Gasteiger partial charge on any atom is -0.481 e. The summed E-state index contributed by atoms with van der Waals surface area (Å²) in [6.45, 7) is 4.07. The summed E-state index contributed by atoms with van der Waals surface area (Å²) >= 11 is 2.33. The number of likely N-dealkylation sites (N-methyl/N-ethyl adjacent to an activating group) is 2. The van der Waals surface area contributed by atoms with Gasteiger partial charge in [-0.05, 0) is 116 Å². The van der Waals surface area contributed by atoms with Gasteiger partial charge in [0, 0.05) is 65.6 Å². The first-order valence-corrected chi connectivity index (χ1v) is 23.3. The first kappa shape index (κ1) is 69.3. The summed E-state index contributed by atoms with van der Waals surface area (Å²) in [5, 5.41) is 12.9. The van der Waals surface area contributed by atoms with Crippen LogP contribution in [0.4, 0.5) is 35.1 Å². The number of amides is 3. The molecule has 2 aromatic heterocycles. The summed E-state index contributed by atoms with van der Waals surface area (Å²) in [5.41, 5.74) is 13.2. The van der Waals surface area contributed by atoms with E-state index in [1.807, 2.05) is 23.9 Å². The number of benzene rings is 2. The molecular weight excluding hydrogens is 1090 g/mol. The molecule has 4 atom stereocenters. The highest BCUT2D eigenvalue weighted by Crippen LogP contribution is 2.67. The molecule has 2 saturated carbocycles. The van der Waals surface area contributed by atoms with Crippen molar-refractivity contribution in [3.05, 3.63) is 102 Å². The van der Waals surface area contributed by atoms with Crippen LogP contribution in [0.25, 0.3) is 0 Å². The maximum Gasteiger partial charge on any atom is 0.395 e. The fraction of sp³-hybridized carbons (Fsp3) is 0.522. The number of nitrogens with two attached hydrogens (primary N) is 3. The average Bonchev–Trinajstić information content (AvgIpc) is 4.15. The number of hydrogen-bond acceptors (Lipinski definition) is 11. The van der Waals surface area contributed by atoms with E-state index in [0.717, 1.165) is 16.9 Å². The monoisotopic (exact) mass is 1150 g/mol. The molecule has 4 aromatic rings. The Kier molecular flexibility index (Phi) is 27.5. The van der Waals surface area contributed by atoms with E-state index in [1.54, 1.807) is 40.1 Å². The van der Waals surface area contributed by atoms with Gasteiger partial charge < -0.3 is 37.4 Å². The van der Waals surface area contributed by atoms with Crippen LogP contribution in [0.2, 0.25) is 0 Å². The summed E-state index contributed by atoms with van der Waals surface area (Å²) in [4.78, 5) is 58.4. The number of alkyl halides is 6. The first-order chi connectivity index (χ1) is 32.0. The molecular formula is C46H66F8N8O5S6. The molecule has 73 heavy (non-hydrogen) atoms. The van der Waals surface area contributed by atoms with Gasteiger partial charge in [-0.15, -0.1) is 22.7 Å². The summed E-state index contributed by atoms with van der Waals surface area (Å²) in [6.07, 6.45) is -5.73. The Bertz CT molecular complexity index is 2430. The van der Waals surface area contributed by atoms with Gasteiger partial charge in [-0.25, -0.2) is 18.7 Å². The Hall–Kier alpha value is -3.70. The van der Waals surface area contributed by atoms with Crippen LogP contribution in [0.3, 0.4) is 0 Å². The van der Waals surface area contributed by atoms with Crippen LogP contribution in [0.1, 0.15) is 102 Å². The Morgan fingerprint density at radius 2 is 1.05 bits per heavy atom. The van der Waals surface area contributed by atoms with Crippen LogP contribution in [-0.2, 0) is 22.4 Å². The predicted molar refractivity (Wildman–Crippen MR) is 287 cm³/mol. The first-order valence-electron chi connectivity index (χ1n) is 21.7. The number of aromatic nitrogens is 2. The number of carbonyl (C=O) groups is 4. The quantitative estimate of drug-likeness (QED) is 0.0572. The lowest BCUT2D eigenvalue weighted by molar-refractivity contribution is -0.195. The second kappa shape index (κ2) is 29.0. The summed E-state index contributed by atoms with van der Waals surface area (Å²) < 4.78 is 108. The van der Waals surface area contributed by atoms with Crippen LogP contribution in [-0.4, -0.2) is 114 Å². The third-order valence-corrected chi connectivity index (χ3v) is 14.6. The lowest BCUT2D eigenvalue weighted by Gasteiger charge is -2.29. The molecule has 2 fully saturated rings. The number of carbonyl (C=O) groups excluding carboxylic acids is 3. The van der Waals surface area contributed by atoms with E-state index in [0.29, 0.717) is 44.7 Å². The maximum absolute atomic E-state index is 14.1. The molecule has 2 heterocycles. The molecule has 2 aliphatic carbocycles. The Morgan fingerprint density at radius 3 is 1.33 bits per heavy atom. The van der Waals surface area contributed by atoms with Gasteiger partial charge in [0.1, 0.15) is 11.6 Å². The zero-order valence-corrected chi connectivity index (χ0v) is 46.6. The predicted octanol–water partition coefficient (Wildman–Crippen LogP) is 7.95. The highest BCUT2D eigenvalue weighted by Gasteiger charge is 2.68. The number of carboxylic acid groups (broad SMARTS) is 1. The van der Waals surface area contributed by atoms with E-state index in [9.17, 15) is 54.3 Å². The van der Waals surface area contributed by atoms with Crippen molar-refractivity contribution >= 4 is 100 Å².